The molecule has 0 spiro atoms. The van der Waals surface area contributed by atoms with Gasteiger partial charge in [0.1, 0.15) is 11.5 Å². The lowest BCUT2D eigenvalue weighted by Gasteiger charge is -2.18. The number of carbonyl (C=O) groups excluding carboxylic acids is 2. The summed E-state index contributed by atoms with van der Waals surface area (Å²) in [6, 6.07) is 10.5. The number of likely N-dealkylation sites (N-methyl/N-ethyl adjacent to an activating group) is 1. The lowest BCUT2D eigenvalue weighted by Crippen LogP contribution is -3.14. The van der Waals surface area contributed by atoms with Crippen molar-refractivity contribution in [3.8, 4) is 5.75 Å². The van der Waals surface area contributed by atoms with Crippen molar-refractivity contribution in [2.75, 3.05) is 32.1 Å². The molecule has 0 saturated carbocycles. The van der Waals surface area contributed by atoms with Crippen molar-refractivity contribution in [1.29, 1.82) is 0 Å². The molecule has 26 heavy (non-hydrogen) atoms. The fraction of sp³-hybridized carbons (Fsp3) is 0.368. The molecule has 7 heteroatoms. The third-order valence-electron chi connectivity index (χ3n) is 4.04. The minimum Gasteiger partial charge on any atom is -0.497 e. The quantitative estimate of drug-likeness (QED) is 0.623. The number of quaternary nitrogens is 1. The molecule has 0 aliphatic rings. The molecule has 140 valence electrons. The van der Waals surface area contributed by atoms with E-state index in [1.165, 1.54) is 0 Å². The number of rotatable bonds is 9. The third kappa shape index (κ3) is 5.93. The molecule has 2 aromatic rings. The van der Waals surface area contributed by atoms with E-state index in [1.54, 1.807) is 43.7 Å². The number of hydrogen-bond donors (Lipinski definition) is 3. The molecule has 0 saturated heterocycles. The molecule has 0 radical (unpaired) electrons. The Morgan fingerprint density at radius 1 is 1.15 bits per heavy atom. The summed E-state index contributed by atoms with van der Waals surface area (Å²) in [4.78, 5) is 25.3. The summed E-state index contributed by atoms with van der Waals surface area (Å²) in [5.74, 6) is 1.17. The summed E-state index contributed by atoms with van der Waals surface area (Å²) in [7, 11) is 1.59. The molecule has 2 rings (SSSR count). The number of hydrogen-bond acceptors (Lipinski definition) is 4. The third-order valence-corrected chi connectivity index (χ3v) is 4.04. The summed E-state index contributed by atoms with van der Waals surface area (Å²) in [6.45, 7) is 4.90. The summed E-state index contributed by atoms with van der Waals surface area (Å²) < 4.78 is 10.4. The second kappa shape index (κ2) is 9.62. The van der Waals surface area contributed by atoms with E-state index < -0.39 is 0 Å². The Kier molecular flexibility index (Phi) is 7.23. The maximum Gasteiger partial charge on any atom is 0.279 e. The van der Waals surface area contributed by atoms with E-state index in [9.17, 15) is 9.59 Å². The number of ether oxygens (including phenoxy) is 1. The normalized spacial score (nSPS) is 12.9. The Morgan fingerprint density at radius 3 is 2.42 bits per heavy atom. The predicted octanol–water partition coefficient (Wildman–Crippen LogP) is 1.01. The van der Waals surface area contributed by atoms with Crippen molar-refractivity contribution in [2.45, 2.75) is 19.9 Å². The minimum atomic E-state index is -0.205. The van der Waals surface area contributed by atoms with Crippen LogP contribution in [0.4, 0.5) is 5.69 Å². The van der Waals surface area contributed by atoms with Crippen LogP contribution >= 0.6 is 0 Å². The van der Waals surface area contributed by atoms with Gasteiger partial charge in [0, 0.05) is 5.69 Å². The highest BCUT2D eigenvalue weighted by molar-refractivity contribution is 5.91. The second-order valence-corrected chi connectivity index (χ2v) is 6.04. The van der Waals surface area contributed by atoms with E-state index in [1.807, 2.05) is 19.9 Å². The predicted molar refractivity (Wildman–Crippen MR) is 98.1 cm³/mol. The van der Waals surface area contributed by atoms with Gasteiger partial charge in [-0.3, -0.25) is 9.59 Å². The average molecular weight is 360 g/mol. The largest absolute Gasteiger partial charge is 0.497 e. The van der Waals surface area contributed by atoms with E-state index in [-0.39, 0.29) is 30.9 Å². The molecule has 0 aliphatic heterocycles. The molecule has 0 aliphatic carbocycles. The summed E-state index contributed by atoms with van der Waals surface area (Å²) in [5, 5.41) is 5.72. The van der Waals surface area contributed by atoms with Crippen LogP contribution in [0.1, 0.15) is 25.6 Å². The Morgan fingerprint density at radius 2 is 1.85 bits per heavy atom. The van der Waals surface area contributed by atoms with E-state index in [0.29, 0.717) is 18.0 Å². The second-order valence-electron chi connectivity index (χ2n) is 6.04. The number of benzene rings is 1. The lowest BCUT2D eigenvalue weighted by atomic mass is 10.2. The monoisotopic (exact) mass is 360 g/mol. The minimum absolute atomic E-state index is 0.122. The molecule has 2 atom stereocenters. The zero-order valence-corrected chi connectivity index (χ0v) is 15.4. The topological polar surface area (TPSA) is 85.0 Å². The van der Waals surface area contributed by atoms with Crippen LogP contribution in [0, 0.1) is 0 Å². The molecule has 1 unspecified atom stereocenters. The van der Waals surface area contributed by atoms with Crippen LogP contribution in [0.25, 0.3) is 0 Å². The smallest absolute Gasteiger partial charge is 0.279 e. The zero-order valence-electron chi connectivity index (χ0n) is 15.4. The molecule has 1 heterocycles. The molecule has 7 nitrogen and oxygen atoms in total. The van der Waals surface area contributed by atoms with Crippen molar-refractivity contribution >= 4 is 17.5 Å². The van der Waals surface area contributed by atoms with Crippen molar-refractivity contribution < 1.29 is 23.6 Å². The van der Waals surface area contributed by atoms with Crippen molar-refractivity contribution in [2.24, 2.45) is 0 Å². The van der Waals surface area contributed by atoms with Crippen LogP contribution in [0.3, 0.4) is 0 Å². The van der Waals surface area contributed by atoms with E-state index >= 15 is 0 Å². The molecular formula is C19H26N3O4+. The van der Waals surface area contributed by atoms with Crippen LogP contribution in [0.15, 0.2) is 47.1 Å². The van der Waals surface area contributed by atoms with E-state index in [0.717, 1.165) is 10.6 Å². The molecule has 2 amide bonds. The molecule has 3 N–H and O–H groups in total. The first kappa shape index (κ1) is 19.5. The van der Waals surface area contributed by atoms with Gasteiger partial charge in [0.25, 0.3) is 11.8 Å². The number of anilines is 1. The Balaban J connectivity index is 1.81. The Bertz CT molecular complexity index is 698. The first-order valence-corrected chi connectivity index (χ1v) is 8.62. The van der Waals surface area contributed by atoms with Gasteiger partial charge in [-0.05, 0) is 50.2 Å². The maximum atomic E-state index is 12.2. The number of carbonyl (C=O) groups is 2. The van der Waals surface area contributed by atoms with Crippen LogP contribution in [0.2, 0.25) is 0 Å². The maximum absolute atomic E-state index is 12.2. The zero-order chi connectivity index (χ0) is 18.9. The Hall–Kier alpha value is -2.80. The number of methoxy groups -OCH3 is 1. The van der Waals surface area contributed by atoms with Gasteiger partial charge in [0.05, 0.1) is 26.0 Å². The Labute approximate surface area is 153 Å². The van der Waals surface area contributed by atoms with Gasteiger partial charge in [-0.25, -0.2) is 0 Å². The highest BCUT2D eigenvalue weighted by Crippen LogP contribution is 2.14. The summed E-state index contributed by atoms with van der Waals surface area (Å²) >= 11 is 0. The van der Waals surface area contributed by atoms with Gasteiger partial charge in [-0.2, -0.15) is 0 Å². The first-order valence-electron chi connectivity index (χ1n) is 8.62. The molecular weight excluding hydrogens is 334 g/mol. The van der Waals surface area contributed by atoms with Crippen LogP contribution in [-0.2, 0) is 9.59 Å². The number of furan rings is 1. The van der Waals surface area contributed by atoms with Crippen molar-refractivity contribution in [1.82, 2.24) is 5.32 Å². The lowest BCUT2D eigenvalue weighted by molar-refractivity contribution is -0.881. The SMILES string of the molecule is CC[NH+](CC(=O)Nc1ccc(OC)cc1)CC(=O)N[C@H](C)c1ccco1. The standard InChI is InChI=1S/C19H25N3O4/c1-4-22(12-18(23)20-14(2)17-6-5-11-26-17)13-19(24)21-15-7-9-16(25-3)10-8-15/h5-11,14H,4,12-13H2,1-3H3,(H,20,23)(H,21,24)/p+1/t14-/m1/s1. The van der Waals surface area contributed by atoms with Gasteiger partial charge in [-0.1, -0.05) is 0 Å². The van der Waals surface area contributed by atoms with Crippen LogP contribution < -0.4 is 20.3 Å². The first-order chi connectivity index (χ1) is 12.5. The fourth-order valence-corrected chi connectivity index (χ4v) is 2.55. The molecule has 1 aromatic carbocycles. The molecule has 0 fully saturated rings. The van der Waals surface area contributed by atoms with Gasteiger partial charge in [0.2, 0.25) is 0 Å². The number of nitrogens with one attached hydrogen (secondary N) is 3. The van der Waals surface area contributed by atoms with Gasteiger partial charge >= 0.3 is 0 Å². The highest BCUT2D eigenvalue weighted by Gasteiger charge is 2.19. The van der Waals surface area contributed by atoms with Gasteiger partial charge < -0.3 is 24.7 Å². The van der Waals surface area contributed by atoms with E-state index in [4.69, 9.17) is 9.15 Å². The average Bonchev–Trinajstić information content (AvgIpc) is 3.16. The van der Waals surface area contributed by atoms with E-state index in [2.05, 4.69) is 10.6 Å². The summed E-state index contributed by atoms with van der Waals surface area (Å²) in [5.41, 5.74) is 0.696. The van der Waals surface area contributed by atoms with Crippen molar-refractivity contribution in [3.63, 3.8) is 0 Å². The summed E-state index contributed by atoms with van der Waals surface area (Å²) in [6.07, 6.45) is 1.57. The molecule has 0 bridgehead atoms. The van der Waals surface area contributed by atoms with Gasteiger partial charge in [0.15, 0.2) is 13.1 Å². The van der Waals surface area contributed by atoms with Gasteiger partial charge in [-0.15, -0.1) is 0 Å². The van der Waals surface area contributed by atoms with Crippen LogP contribution in [-0.4, -0.2) is 38.6 Å². The van der Waals surface area contributed by atoms with Crippen molar-refractivity contribution in [3.05, 3.63) is 48.4 Å². The molecule has 1 aromatic heterocycles. The number of amides is 2. The van der Waals surface area contributed by atoms with Crippen LogP contribution in [0.5, 0.6) is 5.75 Å². The fourth-order valence-electron chi connectivity index (χ4n) is 2.55. The highest BCUT2D eigenvalue weighted by atomic mass is 16.5.